The Kier molecular flexibility index (Phi) is 6.69. The summed E-state index contributed by atoms with van der Waals surface area (Å²) >= 11 is 3.36. The molecule has 1 fully saturated rings. The third-order valence-corrected chi connectivity index (χ3v) is 6.85. The number of piperazine rings is 1. The summed E-state index contributed by atoms with van der Waals surface area (Å²) in [4.78, 5) is 13.6. The van der Waals surface area contributed by atoms with Crippen LogP contribution in [0.3, 0.4) is 0 Å². The molecule has 0 saturated carbocycles. The highest BCUT2D eigenvalue weighted by Gasteiger charge is 2.31. The second-order valence-corrected chi connectivity index (χ2v) is 9.09. The number of rotatable bonds is 6. The molecule has 28 heavy (non-hydrogen) atoms. The second-order valence-electron chi connectivity index (χ2n) is 6.27. The molecule has 0 bridgehead atoms. The Balaban J connectivity index is 1.50. The van der Waals surface area contributed by atoms with E-state index in [1.165, 1.54) is 22.5 Å². The molecule has 0 radical (unpaired) electrons. The number of ether oxygens (including phenoxy) is 1. The molecule has 0 spiro atoms. The van der Waals surface area contributed by atoms with Crippen molar-refractivity contribution in [2.45, 2.75) is 11.3 Å². The fraction of sp³-hybridized carbons (Fsp3) is 0.316. The average molecular weight is 471 g/mol. The van der Waals surface area contributed by atoms with Crippen molar-refractivity contribution in [1.29, 1.82) is 0 Å². The summed E-state index contributed by atoms with van der Waals surface area (Å²) in [5, 5.41) is 0. The van der Waals surface area contributed by atoms with E-state index in [0.717, 1.165) is 10.5 Å². The van der Waals surface area contributed by atoms with Gasteiger partial charge in [-0.25, -0.2) is 12.8 Å². The molecule has 6 nitrogen and oxygen atoms in total. The Morgan fingerprint density at radius 1 is 1.07 bits per heavy atom. The summed E-state index contributed by atoms with van der Waals surface area (Å²) in [6.07, 6.45) is 0.201. The quantitative estimate of drug-likeness (QED) is 0.650. The van der Waals surface area contributed by atoms with E-state index in [9.17, 15) is 17.6 Å². The van der Waals surface area contributed by atoms with Crippen molar-refractivity contribution in [3.63, 3.8) is 0 Å². The predicted octanol–water partition coefficient (Wildman–Crippen LogP) is 2.89. The predicted molar refractivity (Wildman–Crippen MR) is 106 cm³/mol. The number of benzene rings is 2. The number of halogens is 2. The van der Waals surface area contributed by atoms with Gasteiger partial charge in [-0.05, 0) is 30.3 Å². The molecule has 1 aliphatic heterocycles. The molecule has 9 heteroatoms. The lowest BCUT2D eigenvalue weighted by Crippen LogP contribution is -2.50. The molecule has 1 amide bonds. The maximum atomic E-state index is 13.9. The van der Waals surface area contributed by atoms with Gasteiger partial charge in [0.15, 0.2) is 0 Å². The van der Waals surface area contributed by atoms with E-state index >= 15 is 0 Å². The third kappa shape index (κ3) is 4.89. The maximum Gasteiger partial charge on any atom is 0.246 e. The van der Waals surface area contributed by atoms with Gasteiger partial charge in [0.2, 0.25) is 15.9 Å². The van der Waals surface area contributed by atoms with E-state index in [0.29, 0.717) is 5.75 Å². The largest absolute Gasteiger partial charge is 0.493 e. The fourth-order valence-electron chi connectivity index (χ4n) is 2.94. The molecule has 150 valence electrons. The first-order valence-electron chi connectivity index (χ1n) is 8.79. The van der Waals surface area contributed by atoms with E-state index in [-0.39, 0.29) is 50.0 Å². The Morgan fingerprint density at radius 2 is 1.79 bits per heavy atom. The fourth-order valence-corrected chi connectivity index (χ4v) is 4.81. The zero-order chi connectivity index (χ0) is 20.1. The molecule has 3 rings (SSSR count). The Bertz CT molecular complexity index is 946. The first-order chi connectivity index (χ1) is 13.4. The number of amides is 1. The molecule has 0 atom stereocenters. The molecule has 0 aliphatic carbocycles. The first kappa shape index (κ1) is 20.8. The molecule has 0 aromatic heterocycles. The van der Waals surface area contributed by atoms with E-state index in [1.807, 2.05) is 24.3 Å². The third-order valence-electron chi connectivity index (χ3n) is 4.43. The van der Waals surface area contributed by atoms with Crippen LogP contribution >= 0.6 is 15.9 Å². The van der Waals surface area contributed by atoms with Crippen LogP contribution in [0.1, 0.15) is 6.42 Å². The summed E-state index contributed by atoms with van der Waals surface area (Å²) in [5.41, 5.74) is 0. The number of hydrogen-bond donors (Lipinski definition) is 0. The molecular formula is C19H20BrFN2O4S. The highest BCUT2D eigenvalue weighted by molar-refractivity contribution is 9.10. The zero-order valence-electron chi connectivity index (χ0n) is 15.1. The van der Waals surface area contributed by atoms with Crippen LogP contribution in [0.5, 0.6) is 5.75 Å². The van der Waals surface area contributed by atoms with Crippen LogP contribution in [0.2, 0.25) is 0 Å². The van der Waals surface area contributed by atoms with Crippen molar-refractivity contribution in [2.24, 2.45) is 0 Å². The van der Waals surface area contributed by atoms with Gasteiger partial charge < -0.3 is 9.64 Å². The van der Waals surface area contributed by atoms with Crippen LogP contribution in [-0.4, -0.2) is 56.3 Å². The Morgan fingerprint density at radius 3 is 2.46 bits per heavy atom. The molecule has 1 heterocycles. The highest BCUT2D eigenvalue weighted by atomic mass is 79.9. The number of carbonyl (C=O) groups excluding carboxylic acids is 1. The summed E-state index contributed by atoms with van der Waals surface area (Å²) in [6.45, 7) is 1.04. The van der Waals surface area contributed by atoms with Crippen molar-refractivity contribution in [1.82, 2.24) is 9.21 Å². The Hall–Kier alpha value is -1.97. The molecule has 1 aliphatic rings. The number of nitrogens with zero attached hydrogens (tertiary/aromatic N) is 2. The number of sulfonamides is 1. The lowest BCUT2D eigenvalue weighted by molar-refractivity contribution is -0.132. The van der Waals surface area contributed by atoms with Crippen LogP contribution in [0.25, 0.3) is 0 Å². The van der Waals surface area contributed by atoms with Gasteiger partial charge >= 0.3 is 0 Å². The van der Waals surface area contributed by atoms with Gasteiger partial charge in [0.05, 0.1) is 13.0 Å². The highest BCUT2D eigenvalue weighted by Crippen LogP contribution is 2.21. The topological polar surface area (TPSA) is 66.9 Å². The van der Waals surface area contributed by atoms with Crippen LogP contribution in [0.4, 0.5) is 4.39 Å². The number of carbonyl (C=O) groups is 1. The van der Waals surface area contributed by atoms with Gasteiger partial charge in [0, 0.05) is 30.7 Å². The smallest absolute Gasteiger partial charge is 0.246 e. The first-order valence-corrected chi connectivity index (χ1v) is 11.0. The standard InChI is InChI=1S/C19H20BrFN2O4S/c20-15-4-3-5-16(14-15)27-13-8-19(24)22-9-11-23(12-10-22)28(25,26)18-7-2-1-6-17(18)21/h1-7,14H,8-13H2. The van der Waals surface area contributed by atoms with Crippen LogP contribution in [-0.2, 0) is 14.8 Å². The van der Waals surface area contributed by atoms with E-state index < -0.39 is 15.8 Å². The average Bonchev–Trinajstić information content (AvgIpc) is 2.68. The lowest BCUT2D eigenvalue weighted by Gasteiger charge is -2.34. The van der Waals surface area contributed by atoms with Crippen molar-refractivity contribution < 1.29 is 22.3 Å². The van der Waals surface area contributed by atoms with E-state index in [2.05, 4.69) is 15.9 Å². The molecule has 2 aromatic carbocycles. The normalized spacial score (nSPS) is 15.4. The van der Waals surface area contributed by atoms with Crippen molar-refractivity contribution >= 4 is 31.9 Å². The van der Waals surface area contributed by atoms with Crippen molar-refractivity contribution in [3.8, 4) is 5.75 Å². The molecule has 0 N–H and O–H groups in total. The molecule has 2 aromatic rings. The summed E-state index contributed by atoms with van der Waals surface area (Å²) in [6, 6.07) is 12.7. The summed E-state index contributed by atoms with van der Waals surface area (Å²) in [7, 11) is -3.91. The van der Waals surface area contributed by atoms with Crippen molar-refractivity contribution in [2.75, 3.05) is 32.8 Å². The van der Waals surface area contributed by atoms with Gasteiger partial charge in [-0.2, -0.15) is 4.31 Å². The maximum absolute atomic E-state index is 13.9. The summed E-state index contributed by atoms with van der Waals surface area (Å²) < 4.78 is 46.7. The lowest BCUT2D eigenvalue weighted by atomic mass is 10.3. The minimum absolute atomic E-state index is 0.0991. The van der Waals surface area contributed by atoms with Crippen LogP contribution in [0.15, 0.2) is 57.9 Å². The van der Waals surface area contributed by atoms with Gasteiger partial charge in [0.1, 0.15) is 16.5 Å². The zero-order valence-corrected chi connectivity index (χ0v) is 17.5. The summed E-state index contributed by atoms with van der Waals surface area (Å²) in [5.74, 6) is -0.202. The second kappa shape index (κ2) is 9.02. The van der Waals surface area contributed by atoms with Gasteiger partial charge in [-0.15, -0.1) is 0 Å². The Labute approximate surface area is 172 Å². The SMILES string of the molecule is O=C(CCOc1cccc(Br)c1)N1CCN(S(=O)(=O)c2ccccc2F)CC1. The minimum atomic E-state index is -3.91. The molecular weight excluding hydrogens is 451 g/mol. The molecule has 0 unspecified atom stereocenters. The van der Waals surface area contributed by atoms with E-state index in [4.69, 9.17) is 4.74 Å². The van der Waals surface area contributed by atoms with Crippen molar-refractivity contribution in [3.05, 3.63) is 58.8 Å². The molecule has 1 saturated heterocycles. The monoisotopic (exact) mass is 470 g/mol. The van der Waals surface area contributed by atoms with Gasteiger partial charge in [-0.3, -0.25) is 4.79 Å². The van der Waals surface area contributed by atoms with Crippen LogP contribution in [0, 0.1) is 5.82 Å². The van der Waals surface area contributed by atoms with Gasteiger partial charge in [-0.1, -0.05) is 34.1 Å². The van der Waals surface area contributed by atoms with E-state index in [1.54, 1.807) is 4.90 Å². The van der Waals surface area contributed by atoms with Gasteiger partial charge in [0.25, 0.3) is 0 Å². The minimum Gasteiger partial charge on any atom is -0.493 e. The van der Waals surface area contributed by atoms with Crippen LogP contribution < -0.4 is 4.74 Å². The number of hydrogen-bond acceptors (Lipinski definition) is 4.